The van der Waals surface area contributed by atoms with Crippen LogP contribution in [-0.2, 0) is 17.8 Å². The summed E-state index contributed by atoms with van der Waals surface area (Å²) in [5.74, 6) is 0.313. The summed E-state index contributed by atoms with van der Waals surface area (Å²) >= 11 is 3.45. The van der Waals surface area contributed by atoms with Crippen molar-refractivity contribution in [1.29, 1.82) is 0 Å². The largest absolute Gasteiger partial charge is 0.340 e. The van der Waals surface area contributed by atoms with Crippen molar-refractivity contribution >= 4 is 29.0 Å². The van der Waals surface area contributed by atoms with Crippen molar-refractivity contribution in [3.8, 4) is 0 Å². The van der Waals surface area contributed by atoms with Gasteiger partial charge in [0.05, 0.1) is 16.0 Å². The Bertz CT molecular complexity index is 736. The number of hydrogen-bond acceptors (Lipinski definition) is 5. The SMILES string of the molecule is Cc1nc(CN2CCCN(C(=O)C3Cc4ccccc4S3)CC2)cs1. The second kappa shape index (κ2) is 7.48. The van der Waals surface area contributed by atoms with Crippen LogP contribution in [0.5, 0.6) is 0 Å². The zero-order valence-corrected chi connectivity index (χ0v) is 16.1. The number of aryl methyl sites for hydroxylation is 1. The molecule has 0 aliphatic carbocycles. The number of benzene rings is 1. The van der Waals surface area contributed by atoms with Gasteiger partial charge in [0.2, 0.25) is 5.91 Å². The Kier molecular flexibility index (Phi) is 5.10. The smallest absolute Gasteiger partial charge is 0.236 e. The fourth-order valence-electron chi connectivity index (χ4n) is 3.58. The molecule has 0 bridgehead atoms. The van der Waals surface area contributed by atoms with Crippen LogP contribution >= 0.6 is 23.1 Å². The van der Waals surface area contributed by atoms with Gasteiger partial charge < -0.3 is 4.90 Å². The standard InChI is InChI=1S/C19H23N3OS2/c1-14-20-16(13-24-14)12-21-7-4-8-22(10-9-21)19(23)18-11-15-5-2-3-6-17(15)25-18/h2-3,5-6,13,18H,4,7-12H2,1H3. The van der Waals surface area contributed by atoms with Crippen molar-refractivity contribution in [3.63, 3.8) is 0 Å². The van der Waals surface area contributed by atoms with E-state index in [9.17, 15) is 4.79 Å². The summed E-state index contributed by atoms with van der Waals surface area (Å²) in [6.45, 7) is 6.63. The topological polar surface area (TPSA) is 36.4 Å². The first-order chi connectivity index (χ1) is 12.2. The molecule has 132 valence electrons. The number of thioether (sulfide) groups is 1. The van der Waals surface area contributed by atoms with Crippen molar-refractivity contribution in [2.24, 2.45) is 0 Å². The first-order valence-electron chi connectivity index (χ1n) is 8.86. The summed E-state index contributed by atoms with van der Waals surface area (Å²) in [5, 5.41) is 3.33. The Morgan fingerprint density at radius 1 is 1.24 bits per heavy atom. The van der Waals surface area contributed by atoms with E-state index in [-0.39, 0.29) is 5.25 Å². The molecule has 0 radical (unpaired) electrons. The molecule has 2 aromatic rings. The third-order valence-corrected chi connectivity index (χ3v) is 7.00. The highest BCUT2D eigenvalue weighted by atomic mass is 32.2. The van der Waals surface area contributed by atoms with Crippen molar-refractivity contribution in [1.82, 2.24) is 14.8 Å². The molecule has 3 heterocycles. The van der Waals surface area contributed by atoms with Gasteiger partial charge in [-0.05, 0) is 31.4 Å². The molecule has 1 atom stereocenters. The minimum Gasteiger partial charge on any atom is -0.340 e. The van der Waals surface area contributed by atoms with E-state index >= 15 is 0 Å². The van der Waals surface area contributed by atoms with Gasteiger partial charge in [-0.3, -0.25) is 9.69 Å². The van der Waals surface area contributed by atoms with Gasteiger partial charge in [-0.1, -0.05) is 18.2 Å². The molecule has 25 heavy (non-hydrogen) atoms. The zero-order valence-electron chi connectivity index (χ0n) is 14.5. The summed E-state index contributed by atoms with van der Waals surface area (Å²) in [6, 6.07) is 8.40. The van der Waals surface area contributed by atoms with Crippen molar-refractivity contribution < 1.29 is 4.79 Å². The van der Waals surface area contributed by atoms with Crippen LogP contribution in [0.2, 0.25) is 0 Å². The van der Waals surface area contributed by atoms with Gasteiger partial charge in [0.15, 0.2) is 0 Å². The van der Waals surface area contributed by atoms with Crippen molar-refractivity contribution in [2.45, 2.75) is 36.5 Å². The van der Waals surface area contributed by atoms with Gasteiger partial charge in [0.1, 0.15) is 0 Å². The van der Waals surface area contributed by atoms with Crippen LogP contribution < -0.4 is 0 Å². The van der Waals surface area contributed by atoms with Crippen molar-refractivity contribution in [2.75, 3.05) is 26.2 Å². The Balaban J connectivity index is 1.34. The predicted molar refractivity (Wildman–Crippen MR) is 103 cm³/mol. The Hall–Kier alpha value is -1.37. The molecule has 4 rings (SSSR count). The first kappa shape index (κ1) is 17.1. The van der Waals surface area contributed by atoms with E-state index in [2.05, 4.69) is 44.4 Å². The van der Waals surface area contributed by atoms with Crippen LogP contribution in [0.15, 0.2) is 34.5 Å². The number of carbonyl (C=O) groups excluding carboxylic acids is 1. The molecule has 1 amide bonds. The highest BCUT2D eigenvalue weighted by Gasteiger charge is 2.32. The fraction of sp³-hybridized carbons (Fsp3) is 0.474. The Morgan fingerprint density at radius 2 is 2.12 bits per heavy atom. The predicted octanol–water partition coefficient (Wildman–Crippen LogP) is 3.20. The monoisotopic (exact) mass is 373 g/mol. The normalized spacial score (nSPS) is 21.2. The molecule has 2 aliphatic rings. The van der Waals surface area contributed by atoms with Crippen LogP contribution in [0, 0.1) is 6.92 Å². The number of hydrogen-bond donors (Lipinski definition) is 0. The van der Waals surface area contributed by atoms with Crippen LogP contribution in [-0.4, -0.2) is 52.1 Å². The molecule has 1 aromatic carbocycles. The van der Waals surface area contributed by atoms with E-state index in [4.69, 9.17) is 0 Å². The third kappa shape index (κ3) is 3.91. The molecule has 0 saturated carbocycles. The summed E-state index contributed by atoms with van der Waals surface area (Å²) in [6.07, 6.45) is 1.91. The highest BCUT2D eigenvalue weighted by Crippen LogP contribution is 2.37. The average molecular weight is 374 g/mol. The molecule has 2 aliphatic heterocycles. The average Bonchev–Trinajstić information content (AvgIpc) is 3.15. The molecule has 6 heteroatoms. The number of fused-ring (bicyclic) bond motifs is 1. The number of amides is 1. The molecule has 1 aromatic heterocycles. The lowest BCUT2D eigenvalue weighted by atomic mass is 10.1. The van der Waals surface area contributed by atoms with Gasteiger partial charge in [0.25, 0.3) is 0 Å². The summed E-state index contributed by atoms with van der Waals surface area (Å²) in [7, 11) is 0. The molecule has 0 N–H and O–H groups in total. The lowest BCUT2D eigenvalue weighted by molar-refractivity contribution is -0.130. The van der Waals surface area contributed by atoms with Crippen molar-refractivity contribution in [3.05, 3.63) is 45.9 Å². The second-order valence-corrected chi connectivity index (χ2v) is 9.04. The summed E-state index contributed by atoms with van der Waals surface area (Å²) in [4.78, 5) is 23.3. The van der Waals surface area contributed by atoms with Crippen LogP contribution in [0.3, 0.4) is 0 Å². The van der Waals surface area contributed by atoms with E-state index in [1.165, 1.54) is 10.5 Å². The Morgan fingerprint density at radius 3 is 2.92 bits per heavy atom. The van der Waals surface area contributed by atoms with E-state index in [1.54, 1.807) is 23.1 Å². The number of carbonyl (C=O) groups is 1. The summed E-state index contributed by atoms with van der Waals surface area (Å²) < 4.78 is 0. The van der Waals surface area contributed by atoms with E-state index < -0.39 is 0 Å². The highest BCUT2D eigenvalue weighted by molar-refractivity contribution is 8.01. The molecule has 0 spiro atoms. The minimum absolute atomic E-state index is 0.0603. The van der Waals surface area contributed by atoms with E-state index in [0.29, 0.717) is 5.91 Å². The lowest BCUT2D eigenvalue weighted by Gasteiger charge is -2.24. The van der Waals surface area contributed by atoms with Gasteiger partial charge in [0, 0.05) is 43.0 Å². The van der Waals surface area contributed by atoms with E-state index in [0.717, 1.165) is 56.3 Å². The third-order valence-electron chi connectivity index (χ3n) is 4.87. The maximum atomic E-state index is 13.0. The van der Waals surface area contributed by atoms with Crippen LogP contribution in [0.25, 0.3) is 0 Å². The zero-order chi connectivity index (χ0) is 17.2. The lowest BCUT2D eigenvalue weighted by Crippen LogP contribution is -2.40. The number of thiazole rings is 1. The number of aromatic nitrogens is 1. The maximum Gasteiger partial charge on any atom is 0.236 e. The van der Waals surface area contributed by atoms with Gasteiger partial charge in [-0.25, -0.2) is 4.98 Å². The fourth-order valence-corrected chi connectivity index (χ4v) is 5.47. The van der Waals surface area contributed by atoms with Gasteiger partial charge in [-0.15, -0.1) is 23.1 Å². The first-order valence-corrected chi connectivity index (χ1v) is 10.6. The summed E-state index contributed by atoms with van der Waals surface area (Å²) in [5.41, 5.74) is 2.48. The van der Waals surface area contributed by atoms with Gasteiger partial charge >= 0.3 is 0 Å². The Labute approximate surface area is 157 Å². The molecular weight excluding hydrogens is 350 g/mol. The molecule has 1 unspecified atom stereocenters. The molecule has 1 saturated heterocycles. The van der Waals surface area contributed by atoms with Gasteiger partial charge in [-0.2, -0.15) is 0 Å². The second-order valence-electron chi connectivity index (χ2n) is 6.73. The van der Waals surface area contributed by atoms with E-state index in [1.807, 2.05) is 6.92 Å². The number of nitrogens with zero attached hydrogens (tertiary/aromatic N) is 3. The quantitative estimate of drug-likeness (QED) is 0.828. The van der Waals surface area contributed by atoms with Crippen LogP contribution in [0.4, 0.5) is 0 Å². The molecular formula is C19H23N3OS2. The molecule has 4 nitrogen and oxygen atoms in total. The maximum absolute atomic E-state index is 13.0. The molecule has 1 fully saturated rings. The van der Waals surface area contributed by atoms with Crippen LogP contribution in [0.1, 0.15) is 22.7 Å². The number of rotatable bonds is 3. The minimum atomic E-state index is 0.0603.